The van der Waals surface area contributed by atoms with E-state index < -0.39 is 0 Å². The Balaban J connectivity index is 0.00000529. The Kier molecular flexibility index (Phi) is 12.7. The van der Waals surface area contributed by atoms with Crippen LogP contribution in [-0.4, -0.2) is 31.5 Å². The monoisotopic (exact) mass is 442 g/mol. The molecule has 6 heteroatoms. The Morgan fingerprint density at radius 2 is 1.88 bits per heavy atom. The van der Waals surface area contributed by atoms with Crippen molar-refractivity contribution >= 4 is 35.8 Å². The van der Waals surface area contributed by atoms with E-state index in [0.29, 0.717) is 31.2 Å². The second kappa shape index (κ2) is 13.7. The first-order valence-corrected chi connectivity index (χ1v) is 8.04. The summed E-state index contributed by atoms with van der Waals surface area (Å²) in [5, 5.41) is 9.07. The Bertz CT molecular complexity index is 549. The Hall–Kier alpha value is -1.75. The van der Waals surface area contributed by atoms with Gasteiger partial charge in [-0.3, -0.25) is 4.79 Å². The quantitative estimate of drug-likeness (QED) is 0.191. The van der Waals surface area contributed by atoms with Crippen LogP contribution in [0, 0.1) is 12.3 Å². The molecule has 1 rings (SSSR count). The Labute approximate surface area is 162 Å². The van der Waals surface area contributed by atoms with Gasteiger partial charge in [-0.25, -0.2) is 4.99 Å². The summed E-state index contributed by atoms with van der Waals surface area (Å²) < 4.78 is 0. The van der Waals surface area contributed by atoms with E-state index in [1.807, 2.05) is 31.2 Å². The third-order valence-electron chi connectivity index (χ3n) is 3.15. The van der Waals surface area contributed by atoms with Crippen LogP contribution in [0.5, 0.6) is 0 Å². The third kappa shape index (κ3) is 8.77. The normalized spacial score (nSPS) is 10.3. The molecule has 24 heavy (non-hydrogen) atoms. The van der Waals surface area contributed by atoms with Crippen LogP contribution in [0.2, 0.25) is 0 Å². The van der Waals surface area contributed by atoms with Crippen LogP contribution in [0.3, 0.4) is 0 Å². The van der Waals surface area contributed by atoms with Gasteiger partial charge in [0.2, 0.25) is 0 Å². The number of hydrogen-bond donors (Lipinski definition) is 3. The van der Waals surface area contributed by atoms with E-state index >= 15 is 0 Å². The number of halogens is 1. The second-order valence-corrected chi connectivity index (χ2v) is 5.06. The molecule has 0 heterocycles. The minimum Gasteiger partial charge on any atom is -0.357 e. The standard InChI is InChI=1S/C18H26N4O.HI/c1-4-7-13-20-17(23)16-10-8-15(9-11-16)14-22-18(19-6-3)21-12-5-2;/h2,8-11H,4,6-7,12-14H2,1,3H3,(H,20,23)(H2,19,21,22);1H. The van der Waals surface area contributed by atoms with Crippen molar-refractivity contribution in [3.63, 3.8) is 0 Å². The molecule has 1 aromatic carbocycles. The van der Waals surface area contributed by atoms with Crippen molar-refractivity contribution < 1.29 is 4.79 Å². The topological polar surface area (TPSA) is 65.5 Å². The molecule has 0 aliphatic rings. The summed E-state index contributed by atoms with van der Waals surface area (Å²) in [7, 11) is 0. The minimum atomic E-state index is -0.0301. The molecule has 0 spiro atoms. The van der Waals surface area contributed by atoms with E-state index in [-0.39, 0.29) is 29.9 Å². The van der Waals surface area contributed by atoms with E-state index in [9.17, 15) is 4.79 Å². The van der Waals surface area contributed by atoms with Crippen molar-refractivity contribution in [3.8, 4) is 12.3 Å². The predicted octanol–water partition coefficient (Wildman–Crippen LogP) is 2.52. The van der Waals surface area contributed by atoms with E-state index in [2.05, 4.69) is 33.8 Å². The lowest BCUT2D eigenvalue weighted by Crippen LogP contribution is -2.37. The molecule has 3 N–H and O–H groups in total. The zero-order chi connectivity index (χ0) is 16.9. The van der Waals surface area contributed by atoms with Gasteiger partial charge in [-0.2, -0.15) is 0 Å². The number of nitrogens with one attached hydrogen (secondary N) is 3. The molecule has 0 unspecified atom stereocenters. The summed E-state index contributed by atoms with van der Waals surface area (Å²) in [4.78, 5) is 16.4. The summed E-state index contributed by atoms with van der Waals surface area (Å²) in [5.74, 6) is 3.18. The number of benzene rings is 1. The van der Waals surface area contributed by atoms with Gasteiger partial charge < -0.3 is 16.0 Å². The fraction of sp³-hybridized carbons (Fsp3) is 0.444. The van der Waals surface area contributed by atoms with Crippen molar-refractivity contribution in [3.05, 3.63) is 35.4 Å². The Morgan fingerprint density at radius 3 is 2.46 bits per heavy atom. The minimum absolute atomic E-state index is 0. The highest BCUT2D eigenvalue weighted by atomic mass is 127. The van der Waals surface area contributed by atoms with E-state index in [4.69, 9.17) is 6.42 Å². The smallest absolute Gasteiger partial charge is 0.251 e. The molecule has 0 fully saturated rings. The predicted molar refractivity (Wildman–Crippen MR) is 111 cm³/mol. The van der Waals surface area contributed by atoms with Crippen molar-refractivity contribution in [1.29, 1.82) is 0 Å². The van der Waals surface area contributed by atoms with Crippen LogP contribution in [0.25, 0.3) is 0 Å². The lowest BCUT2D eigenvalue weighted by atomic mass is 10.1. The van der Waals surface area contributed by atoms with Gasteiger partial charge in [0.1, 0.15) is 0 Å². The van der Waals surface area contributed by atoms with Crippen molar-refractivity contribution in [1.82, 2.24) is 16.0 Å². The second-order valence-electron chi connectivity index (χ2n) is 5.06. The van der Waals surface area contributed by atoms with Gasteiger partial charge in [0.05, 0.1) is 13.1 Å². The summed E-state index contributed by atoms with van der Waals surface area (Å²) in [6.45, 7) is 6.54. The third-order valence-corrected chi connectivity index (χ3v) is 3.15. The van der Waals surface area contributed by atoms with E-state index in [0.717, 1.165) is 24.9 Å². The van der Waals surface area contributed by atoms with Crippen molar-refractivity contribution in [2.24, 2.45) is 4.99 Å². The molecule has 5 nitrogen and oxygen atoms in total. The number of rotatable bonds is 8. The van der Waals surface area contributed by atoms with Crippen LogP contribution in [0.1, 0.15) is 42.6 Å². The lowest BCUT2D eigenvalue weighted by Gasteiger charge is -2.09. The molecule has 1 aromatic rings. The molecule has 0 bridgehead atoms. The maximum Gasteiger partial charge on any atom is 0.251 e. The van der Waals surface area contributed by atoms with Crippen LogP contribution < -0.4 is 16.0 Å². The molecule has 0 radical (unpaired) electrons. The number of guanidine groups is 1. The van der Waals surface area contributed by atoms with Gasteiger partial charge in [0.25, 0.3) is 5.91 Å². The number of terminal acetylenes is 1. The van der Waals surface area contributed by atoms with E-state index in [1.54, 1.807) is 0 Å². The summed E-state index contributed by atoms with van der Waals surface area (Å²) in [6.07, 6.45) is 7.30. The zero-order valence-electron chi connectivity index (χ0n) is 14.4. The molecule has 0 saturated carbocycles. The summed E-state index contributed by atoms with van der Waals surface area (Å²) >= 11 is 0. The van der Waals surface area contributed by atoms with Crippen LogP contribution in [0.15, 0.2) is 29.3 Å². The van der Waals surface area contributed by atoms with Gasteiger partial charge >= 0.3 is 0 Å². The molecule has 0 aliphatic heterocycles. The Morgan fingerprint density at radius 1 is 1.17 bits per heavy atom. The molecule has 132 valence electrons. The number of aliphatic imine (C=N–C) groups is 1. The number of nitrogens with zero attached hydrogens (tertiary/aromatic N) is 1. The van der Waals surface area contributed by atoms with Gasteiger partial charge in [-0.05, 0) is 31.0 Å². The highest BCUT2D eigenvalue weighted by Gasteiger charge is 2.04. The molecule has 1 amide bonds. The fourth-order valence-electron chi connectivity index (χ4n) is 1.89. The summed E-state index contributed by atoms with van der Waals surface area (Å²) in [6, 6.07) is 7.49. The van der Waals surface area contributed by atoms with Crippen molar-refractivity contribution in [2.75, 3.05) is 19.6 Å². The number of carbonyl (C=O) groups is 1. The number of hydrogen-bond acceptors (Lipinski definition) is 2. The van der Waals surface area contributed by atoms with Gasteiger partial charge in [0.15, 0.2) is 5.96 Å². The molecule has 0 aliphatic carbocycles. The maximum atomic E-state index is 11.9. The first-order chi connectivity index (χ1) is 11.2. The average Bonchev–Trinajstić information content (AvgIpc) is 2.58. The number of carbonyl (C=O) groups excluding carboxylic acids is 1. The first kappa shape index (κ1) is 22.2. The van der Waals surface area contributed by atoms with Crippen LogP contribution in [0.4, 0.5) is 0 Å². The highest BCUT2D eigenvalue weighted by Crippen LogP contribution is 2.06. The highest BCUT2D eigenvalue weighted by molar-refractivity contribution is 14.0. The molecular formula is C18H27IN4O. The van der Waals surface area contributed by atoms with Crippen molar-refractivity contribution in [2.45, 2.75) is 33.2 Å². The van der Waals surface area contributed by atoms with E-state index in [1.165, 1.54) is 0 Å². The van der Waals surface area contributed by atoms with Gasteiger partial charge in [0, 0.05) is 18.7 Å². The number of amides is 1. The SMILES string of the molecule is C#CCNC(=NCc1ccc(C(=O)NCCCC)cc1)NCC.I. The average molecular weight is 442 g/mol. The molecule has 0 aromatic heterocycles. The number of unbranched alkanes of at least 4 members (excludes halogenated alkanes) is 1. The lowest BCUT2D eigenvalue weighted by molar-refractivity contribution is 0.0953. The maximum absolute atomic E-state index is 11.9. The van der Waals surface area contributed by atoms with Gasteiger partial charge in [-0.15, -0.1) is 30.4 Å². The first-order valence-electron chi connectivity index (χ1n) is 8.04. The zero-order valence-corrected chi connectivity index (χ0v) is 16.7. The van der Waals surface area contributed by atoms with Crippen LogP contribution >= 0.6 is 24.0 Å². The summed E-state index contributed by atoms with van der Waals surface area (Å²) in [5.41, 5.74) is 1.71. The fourth-order valence-corrected chi connectivity index (χ4v) is 1.89. The molecule has 0 saturated heterocycles. The molecule has 0 atom stereocenters. The van der Waals surface area contributed by atoms with Gasteiger partial charge in [-0.1, -0.05) is 31.4 Å². The largest absolute Gasteiger partial charge is 0.357 e. The van der Waals surface area contributed by atoms with Crippen LogP contribution in [-0.2, 0) is 6.54 Å². The molecular weight excluding hydrogens is 415 g/mol.